The summed E-state index contributed by atoms with van der Waals surface area (Å²) in [5.74, 6) is 0.202. The van der Waals surface area contributed by atoms with Crippen molar-refractivity contribution in [1.82, 2.24) is 0 Å². The molecule has 1 saturated carbocycles. The summed E-state index contributed by atoms with van der Waals surface area (Å²) < 4.78 is 0. The molecule has 2 nitrogen and oxygen atoms in total. The largest absolute Gasteiger partial charge is 0.297 e. The number of ketones is 1. The van der Waals surface area contributed by atoms with Crippen molar-refractivity contribution in [3.05, 3.63) is 0 Å². The van der Waals surface area contributed by atoms with Crippen LogP contribution >= 0.6 is 0 Å². The van der Waals surface area contributed by atoms with Gasteiger partial charge in [-0.3, -0.25) is 4.79 Å². The Morgan fingerprint density at radius 2 is 2.07 bits per heavy atom. The summed E-state index contributed by atoms with van der Waals surface area (Å²) in [5, 5.41) is 9.04. The zero-order valence-corrected chi connectivity index (χ0v) is 10.1. The summed E-state index contributed by atoms with van der Waals surface area (Å²) in [6.45, 7) is 6.22. The van der Waals surface area contributed by atoms with E-state index in [4.69, 9.17) is 5.26 Å². The molecule has 1 aliphatic carbocycles. The van der Waals surface area contributed by atoms with E-state index in [0.717, 1.165) is 38.5 Å². The minimum Gasteiger partial charge on any atom is -0.297 e. The first-order valence-electron chi connectivity index (χ1n) is 6.01. The van der Waals surface area contributed by atoms with E-state index in [-0.39, 0.29) is 11.2 Å². The number of nitrogens with zero attached hydrogens (tertiary/aromatic N) is 1. The van der Waals surface area contributed by atoms with E-state index in [0.29, 0.717) is 0 Å². The molecule has 84 valence electrons. The summed E-state index contributed by atoms with van der Waals surface area (Å²) in [6, 6.07) is 2.22. The van der Waals surface area contributed by atoms with Crippen molar-refractivity contribution in [1.29, 1.82) is 5.26 Å². The second-order valence-corrected chi connectivity index (χ2v) is 5.04. The van der Waals surface area contributed by atoms with Crippen LogP contribution in [-0.2, 0) is 4.79 Å². The maximum Gasteiger partial charge on any atom is 0.158 e. The predicted octanol–water partition coefficient (Wildman–Crippen LogP) is 3.47. The molecule has 1 atom stereocenters. The number of carbonyl (C=O) groups is 1. The van der Waals surface area contributed by atoms with Gasteiger partial charge in [-0.15, -0.1) is 0 Å². The molecule has 1 fully saturated rings. The Morgan fingerprint density at radius 1 is 1.47 bits per heavy atom. The molecule has 0 saturated heterocycles. The van der Waals surface area contributed by atoms with Crippen molar-refractivity contribution in [2.45, 2.75) is 59.3 Å². The van der Waals surface area contributed by atoms with Crippen LogP contribution in [-0.4, -0.2) is 5.78 Å². The molecule has 15 heavy (non-hydrogen) atoms. The van der Waals surface area contributed by atoms with Gasteiger partial charge in [0.1, 0.15) is 5.41 Å². The van der Waals surface area contributed by atoms with Crippen molar-refractivity contribution in [3.8, 4) is 6.07 Å². The van der Waals surface area contributed by atoms with Crippen molar-refractivity contribution >= 4 is 5.78 Å². The standard InChI is InChI=1S/C13H21NO/c1-4-6-7-12(3,5-2)11(15)13(10-14)8-9-13/h4-9H2,1-3H3. The second-order valence-electron chi connectivity index (χ2n) is 5.04. The summed E-state index contributed by atoms with van der Waals surface area (Å²) >= 11 is 0. The Labute approximate surface area is 92.7 Å². The van der Waals surface area contributed by atoms with Crippen LogP contribution in [0.25, 0.3) is 0 Å². The van der Waals surface area contributed by atoms with E-state index in [2.05, 4.69) is 19.9 Å². The highest BCUT2D eigenvalue weighted by molar-refractivity contribution is 5.94. The molecule has 1 rings (SSSR count). The molecule has 1 aliphatic rings. The Bertz CT molecular complexity index is 285. The molecule has 0 bridgehead atoms. The number of carbonyl (C=O) groups excluding carboxylic acids is 1. The van der Waals surface area contributed by atoms with Crippen LogP contribution < -0.4 is 0 Å². The van der Waals surface area contributed by atoms with Crippen LogP contribution in [0.3, 0.4) is 0 Å². The molecule has 0 radical (unpaired) electrons. The van der Waals surface area contributed by atoms with E-state index >= 15 is 0 Å². The zero-order chi connectivity index (χ0) is 11.5. The maximum absolute atomic E-state index is 12.3. The zero-order valence-electron chi connectivity index (χ0n) is 10.1. The van der Waals surface area contributed by atoms with Gasteiger partial charge in [-0.2, -0.15) is 5.26 Å². The quantitative estimate of drug-likeness (QED) is 0.669. The van der Waals surface area contributed by atoms with Gasteiger partial charge in [-0.05, 0) is 25.7 Å². The molecule has 0 amide bonds. The van der Waals surface area contributed by atoms with Crippen LogP contribution in [0.1, 0.15) is 59.3 Å². The summed E-state index contributed by atoms with van der Waals surface area (Å²) in [7, 11) is 0. The van der Waals surface area contributed by atoms with E-state index in [1.165, 1.54) is 0 Å². The summed E-state index contributed by atoms with van der Waals surface area (Å²) in [4.78, 5) is 12.3. The highest BCUT2D eigenvalue weighted by Crippen LogP contribution is 2.51. The van der Waals surface area contributed by atoms with Gasteiger partial charge < -0.3 is 0 Å². The average Bonchev–Trinajstić information content (AvgIpc) is 3.05. The lowest BCUT2D eigenvalue weighted by Gasteiger charge is -2.28. The van der Waals surface area contributed by atoms with Gasteiger partial charge in [-0.25, -0.2) is 0 Å². The molecule has 1 unspecified atom stereocenters. The molecule has 2 heteroatoms. The monoisotopic (exact) mass is 207 g/mol. The summed E-state index contributed by atoms with van der Waals surface area (Å²) in [6.07, 6.45) is 5.55. The van der Waals surface area contributed by atoms with Gasteiger partial charge in [0.15, 0.2) is 5.78 Å². The lowest BCUT2D eigenvalue weighted by Crippen LogP contribution is -2.33. The molecular weight excluding hydrogens is 186 g/mol. The molecule has 0 aromatic carbocycles. The highest BCUT2D eigenvalue weighted by atomic mass is 16.1. The fourth-order valence-electron chi connectivity index (χ4n) is 2.11. The van der Waals surface area contributed by atoms with Gasteiger partial charge in [0, 0.05) is 5.41 Å². The van der Waals surface area contributed by atoms with Crippen molar-refractivity contribution < 1.29 is 4.79 Å². The SMILES string of the molecule is CCCCC(C)(CC)C(=O)C1(C#N)CC1. The smallest absolute Gasteiger partial charge is 0.158 e. The molecule has 0 aromatic rings. The fraction of sp³-hybridized carbons (Fsp3) is 0.846. The normalized spacial score (nSPS) is 21.5. The topological polar surface area (TPSA) is 40.9 Å². The first-order chi connectivity index (χ1) is 7.04. The highest BCUT2D eigenvalue weighted by Gasteiger charge is 2.55. The van der Waals surface area contributed by atoms with Gasteiger partial charge in [0.05, 0.1) is 6.07 Å². The maximum atomic E-state index is 12.3. The van der Waals surface area contributed by atoms with E-state index in [1.807, 2.05) is 6.92 Å². The third kappa shape index (κ3) is 2.22. The van der Waals surface area contributed by atoms with Crippen LogP contribution in [0.5, 0.6) is 0 Å². The third-order valence-corrected chi connectivity index (χ3v) is 3.81. The minimum absolute atomic E-state index is 0.202. The number of nitriles is 1. The third-order valence-electron chi connectivity index (χ3n) is 3.81. The Balaban J connectivity index is 2.74. The van der Waals surface area contributed by atoms with Gasteiger partial charge >= 0.3 is 0 Å². The molecule has 0 aromatic heterocycles. The van der Waals surface area contributed by atoms with E-state index < -0.39 is 5.41 Å². The molecular formula is C13H21NO. The number of rotatable bonds is 6. The first kappa shape index (κ1) is 12.2. The Kier molecular flexibility index (Phi) is 3.54. The molecule has 0 aliphatic heterocycles. The average molecular weight is 207 g/mol. The van der Waals surface area contributed by atoms with Crippen LogP contribution in [0, 0.1) is 22.2 Å². The van der Waals surface area contributed by atoms with Crippen LogP contribution in [0.15, 0.2) is 0 Å². The van der Waals surface area contributed by atoms with Gasteiger partial charge in [0.2, 0.25) is 0 Å². The molecule has 0 heterocycles. The first-order valence-corrected chi connectivity index (χ1v) is 6.01. The predicted molar refractivity (Wildman–Crippen MR) is 60.2 cm³/mol. The number of hydrogen-bond donors (Lipinski definition) is 0. The molecule has 0 N–H and O–H groups in total. The minimum atomic E-state index is -0.599. The number of hydrogen-bond acceptors (Lipinski definition) is 2. The Hall–Kier alpha value is -0.840. The Morgan fingerprint density at radius 3 is 2.40 bits per heavy atom. The van der Waals surface area contributed by atoms with E-state index in [1.54, 1.807) is 0 Å². The fourth-order valence-corrected chi connectivity index (χ4v) is 2.11. The summed E-state index contributed by atoms with van der Waals surface area (Å²) in [5.41, 5.74) is -0.860. The second kappa shape index (κ2) is 4.35. The van der Waals surface area contributed by atoms with Crippen molar-refractivity contribution in [3.63, 3.8) is 0 Å². The lowest BCUT2D eigenvalue weighted by molar-refractivity contribution is -0.132. The van der Waals surface area contributed by atoms with E-state index in [9.17, 15) is 4.79 Å². The van der Waals surface area contributed by atoms with Crippen LogP contribution in [0.2, 0.25) is 0 Å². The van der Waals surface area contributed by atoms with Crippen molar-refractivity contribution in [2.24, 2.45) is 10.8 Å². The van der Waals surface area contributed by atoms with Gasteiger partial charge in [-0.1, -0.05) is 33.6 Å². The van der Waals surface area contributed by atoms with Gasteiger partial charge in [0.25, 0.3) is 0 Å². The molecule has 0 spiro atoms. The van der Waals surface area contributed by atoms with Crippen molar-refractivity contribution in [2.75, 3.05) is 0 Å². The lowest BCUT2D eigenvalue weighted by atomic mass is 9.73. The van der Waals surface area contributed by atoms with Crippen LogP contribution in [0.4, 0.5) is 0 Å². The number of unbranched alkanes of at least 4 members (excludes halogenated alkanes) is 1. The number of Topliss-reactive ketones (excluding diaryl/α,β-unsaturated/α-hetero) is 1.